The highest BCUT2D eigenvalue weighted by molar-refractivity contribution is 7.99. The molecule has 0 aliphatic heterocycles. The molecule has 0 saturated heterocycles. The van der Waals surface area contributed by atoms with E-state index in [0.29, 0.717) is 23.9 Å². The van der Waals surface area contributed by atoms with Crippen molar-refractivity contribution in [3.05, 3.63) is 65.8 Å². The third-order valence-electron chi connectivity index (χ3n) is 4.16. The molecule has 3 aromatic rings. The Morgan fingerprint density at radius 1 is 1.25 bits per heavy atom. The lowest BCUT2D eigenvalue weighted by Gasteiger charge is -2.04. The fourth-order valence-electron chi connectivity index (χ4n) is 2.60. The van der Waals surface area contributed by atoms with E-state index >= 15 is 0 Å². The maximum atomic E-state index is 12.0. The van der Waals surface area contributed by atoms with Crippen LogP contribution in [0.5, 0.6) is 5.75 Å². The fourth-order valence-corrected chi connectivity index (χ4v) is 3.45. The normalized spacial score (nSPS) is 10.6. The van der Waals surface area contributed by atoms with Gasteiger partial charge in [-0.05, 0) is 49.2 Å². The van der Waals surface area contributed by atoms with Crippen LogP contribution >= 0.6 is 11.8 Å². The first-order chi connectivity index (χ1) is 13.7. The summed E-state index contributed by atoms with van der Waals surface area (Å²) >= 11 is 1.52. The van der Waals surface area contributed by atoms with Gasteiger partial charge in [-0.1, -0.05) is 6.07 Å². The summed E-state index contributed by atoms with van der Waals surface area (Å²) in [7, 11) is 1.63. The van der Waals surface area contributed by atoms with Crippen LogP contribution in [0.2, 0.25) is 0 Å². The van der Waals surface area contributed by atoms with E-state index in [-0.39, 0.29) is 5.91 Å². The summed E-state index contributed by atoms with van der Waals surface area (Å²) in [6.07, 6.45) is 4.33. The highest BCUT2D eigenvalue weighted by Crippen LogP contribution is 2.25. The standard InChI is InChI=1S/C21H23N3O3S/c1-15-19(24-21(27-15)17-5-7-18(26-2)8-6-17)13-28-14-20(25)23-11-9-16-4-3-10-22-12-16/h3-8,10,12H,9,11,13-14H2,1-2H3,(H,23,25). The van der Waals surface area contributed by atoms with Crippen molar-refractivity contribution in [2.24, 2.45) is 0 Å². The minimum Gasteiger partial charge on any atom is -0.497 e. The quantitative estimate of drug-likeness (QED) is 0.594. The second-order valence-electron chi connectivity index (χ2n) is 6.20. The van der Waals surface area contributed by atoms with Gasteiger partial charge in [0.1, 0.15) is 11.5 Å². The summed E-state index contributed by atoms with van der Waals surface area (Å²) in [4.78, 5) is 20.6. The summed E-state index contributed by atoms with van der Waals surface area (Å²) in [5, 5.41) is 2.93. The molecule has 0 unspecified atom stereocenters. The summed E-state index contributed by atoms with van der Waals surface area (Å²) < 4.78 is 10.9. The van der Waals surface area contributed by atoms with Crippen molar-refractivity contribution in [1.82, 2.24) is 15.3 Å². The number of aromatic nitrogens is 2. The molecular formula is C21H23N3O3S. The minimum atomic E-state index is 0.0189. The zero-order valence-corrected chi connectivity index (χ0v) is 16.8. The van der Waals surface area contributed by atoms with E-state index in [9.17, 15) is 4.79 Å². The molecule has 1 amide bonds. The smallest absolute Gasteiger partial charge is 0.230 e. The molecule has 0 aliphatic carbocycles. The number of aryl methyl sites for hydroxylation is 1. The SMILES string of the molecule is COc1ccc(-c2nc(CSCC(=O)NCCc3cccnc3)c(C)o2)cc1. The number of pyridine rings is 1. The Labute approximate surface area is 168 Å². The number of nitrogens with zero attached hydrogens (tertiary/aromatic N) is 2. The van der Waals surface area contributed by atoms with Crippen LogP contribution in [0.25, 0.3) is 11.5 Å². The zero-order valence-electron chi connectivity index (χ0n) is 16.0. The van der Waals surface area contributed by atoms with Gasteiger partial charge in [0.25, 0.3) is 0 Å². The first kappa shape index (κ1) is 19.9. The molecule has 1 N–H and O–H groups in total. The molecule has 0 fully saturated rings. The van der Waals surface area contributed by atoms with Crippen LogP contribution in [-0.2, 0) is 17.0 Å². The number of hydrogen-bond donors (Lipinski definition) is 1. The van der Waals surface area contributed by atoms with Crippen LogP contribution in [-0.4, -0.2) is 35.3 Å². The molecule has 0 aliphatic rings. The number of ether oxygens (including phenoxy) is 1. The third kappa shape index (κ3) is 5.60. The van der Waals surface area contributed by atoms with Crippen molar-refractivity contribution in [1.29, 1.82) is 0 Å². The van der Waals surface area contributed by atoms with Crippen LogP contribution < -0.4 is 10.1 Å². The van der Waals surface area contributed by atoms with E-state index in [1.165, 1.54) is 11.8 Å². The van der Waals surface area contributed by atoms with Gasteiger partial charge in [0, 0.05) is 30.3 Å². The molecule has 0 radical (unpaired) electrons. The number of thioether (sulfide) groups is 1. The monoisotopic (exact) mass is 397 g/mol. The second-order valence-corrected chi connectivity index (χ2v) is 7.19. The van der Waals surface area contributed by atoms with Gasteiger partial charge in [0.2, 0.25) is 11.8 Å². The lowest BCUT2D eigenvalue weighted by atomic mass is 10.2. The first-order valence-electron chi connectivity index (χ1n) is 9.00. The predicted molar refractivity (Wildman–Crippen MR) is 110 cm³/mol. The van der Waals surface area contributed by atoms with Crippen LogP contribution in [0, 0.1) is 6.92 Å². The van der Waals surface area contributed by atoms with Crippen molar-refractivity contribution in [2.45, 2.75) is 19.1 Å². The fraction of sp³-hybridized carbons (Fsp3) is 0.286. The maximum absolute atomic E-state index is 12.0. The largest absolute Gasteiger partial charge is 0.497 e. The molecule has 146 valence electrons. The van der Waals surface area contributed by atoms with Crippen LogP contribution in [0.4, 0.5) is 0 Å². The number of hydrogen-bond acceptors (Lipinski definition) is 6. The Morgan fingerprint density at radius 3 is 2.79 bits per heavy atom. The Hall–Kier alpha value is -2.80. The van der Waals surface area contributed by atoms with E-state index in [1.807, 2.05) is 49.5 Å². The number of carbonyl (C=O) groups is 1. The second kappa shape index (κ2) is 9.94. The van der Waals surface area contributed by atoms with E-state index in [1.54, 1.807) is 13.3 Å². The summed E-state index contributed by atoms with van der Waals surface area (Å²) in [5.41, 5.74) is 2.87. The van der Waals surface area contributed by atoms with E-state index in [4.69, 9.17) is 9.15 Å². The topological polar surface area (TPSA) is 77.2 Å². The number of carbonyl (C=O) groups excluding carboxylic acids is 1. The summed E-state index contributed by atoms with van der Waals surface area (Å²) in [6, 6.07) is 11.5. The van der Waals surface area contributed by atoms with Gasteiger partial charge in [-0.15, -0.1) is 11.8 Å². The average Bonchev–Trinajstić information content (AvgIpc) is 3.09. The third-order valence-corrected chi connectivity index (χ3v) is 5.10. The predicted octanol–water partition coefficient (Wildman–Crippen LogP) is 3.65. The van der Waals surface area contributed by atoms with Gasteiger partial charge in [0.15, 0.2) is 0 Å². The number of oxazole rings is 1. The molecule has 6 nitrogen and oxygen atoms in total. The Kier molecular flexibility index (Phi) is 7.08. The molecule has 0 spiro atoms. The highest BCUT2D eigenvalue weighted by Gasteiger charge is 2.12. The van der Waals surface area contributed by atoms with Gasteiger partial charge in [-0.3, -0.25) is 9.78 Å². The van der Waals surface area contributed by atoms with Gasteiger partial charge < -0.3 is 14.5 Å². The number of benzene rings is 1. The van der Waals surface area contributed by atoms with Crippen molar-refractivity contribution in [3.8, 4) is 17.2 Å². The van der Waals surface area contributed by atoms with Gasteiger partial charge in [-0.25, -0.2) is 4.98 Å². The molecule has 28 heavy (non-hydrogen) atoms. The van der Waals surface area contributed by atoms with Crippen molar-refractivity contribution in [2.75, 3.05) is 19.4 Å². The molecule has 0 saturated carbocycles. The first-order valence-corrected chi connectivity index (χ1v) is 10.2. The van der Waals surface area contributed by atoms with Gasteiger partial charge >= 0.3 is 0 Å². The van der Waals surface area contributed by atoms with E-state index in [0.717, 1.165) is 34.8 Å². The van der Waals surface area contributed by atoms with Crippen LogP contribution in [0.15, 0.2) is 53.2 Å². The Balaban J connectivity index is 1.44. The average molecular weight is 398 g/mol. The molecular weight excluding hydrogens is 374 g/mol. The summed E-state index contributed by atoms with van der Waals surface area (Å²) in [5.74, 6) is 3.17. The lowest BCUT2D eigenvalue weighted by molar-refractivity contribution is -0.118. The maximum Gasteiger partial charge on any atom is 0.230 e. The number of amides is 1. The molecule has 0 bridgehead atoms. The Morgan fingerprint density at radius 2 is 2.07 bits per heavy atom. The van der Waals surface area contributed by atoms with Gasteiger partial charge in [0.05, 0.1) is 18.6 Å². The molecule has 3 rings (SSSR count). The Bertz CT molecular complexity index is 895. The number of methoxy groups -OCH3 is 1. The number of rotatable bonds is 9. The molecule has 7 heteroatoms. The molecule has 2 aromatic heterocycles. The van der Waals surface area contributed by atoms with Crippen molar-refractivity contribution >= 4 is 17.7 Å². The van der Waals surface area contributed by atoms with Crippen LogP contribution in [0.3, 0.4) is 0 Å². The molecule has 0 atom stereocenters. The zero-order chi connectivity index (χ0) is 19.8. The van der Waals surface area contributed by atoms with Crippen molar-refractivity contribution < 1.29 is 13.9 Å². The minimum absolute atomic E-state index is 0.0189. The summed E-state index contributed by atoms with van der Waals surface area (Å²) in [6.45, 7) is 2.50. The lowest BCUT2D eigenvalue weighted by Crippen LogP contribution is -2.27. The van der Waals surface area contributed by atoms with Gasteiger partial charge in [-0.2, -0.15) is 0 Å². The highest BCUT2D eigenvalue weighted by atomic mass is 32.2. The van der Waals surface area contributed by atoms with E-state index < -0.39 is 0 Å². The van der Waals surface area contributed by atoms with E-state index in [2.05, 4.69) is 15.3 Å². The van der Waals surface area contributed by atoms with Crippen LogP contribution in [0.1, 0.15) is 17.0 Å². The van der Waals surface area contributed by atoms with Crippen molar-refractivity contribution in [3.63, 3.8) is 0 Å². The number of nitrogens with one attached hydrogen (secondary N) is 1. The molecule has 1 aromatic carbocycles. The molecule has 2 heterocycles.